The molecule has 1 aromatic carbocycles. The second-order valence-corrected chi connectivity index (χ2v) is 6.13. The molecule has 1 amide bonds. The lowest BCUT2D eigenvalue weighted by molar-refractivity contribution is -0.171. The number of rotatable bonds is 5. The van der Waals surface area contributed by atoms with Gasteiger partial charge in [0.05, 0.1) is 6.04 Å². The van der Waals surface area contributed by atoms with Gasteiger partial charge >= 0.3 is 12.1 Å². The molecule has 1 heterocycles. The number of ketones is 1. The van der Waals surface area contributed by atoms with Crippen LogP contribution in [-0.2, 0) is 25.7 Å². The Kier molecular flexibility index (Phi) is 5.95. The van der Waals surface area contributed by atoms with E-state index in [1.165, 1.54) is 4.90 Å². The molecule has 0 N–H and O–H groups in total. The molecule has 0 bridgehead atoms. The van der Waals surface area contributed by atoms with Gasteiger partial charge in [-0.2, -0.15) is 0 Å². The molecule has 0 unspecified atom stereocenters. The minimum atomic E-state index is -0.951. The second kappa shape index (κ2) is 7.95. The normalized spacial score (nSPS) is 20.7. The largest absolute Gasteiger partial charge is 0.444 e. The molecule has 0 radical (unpaired) electrons. The Morgan fingerprint density at radius 1 is 1.29 bits per heavy atom. The summed E-state index contributed by atoms with van der Waals surface area (Å²) in [6, 6.07) is 8.75. The number of ether oxygens (including phenoxy) is 2. The van der Waals surface area contributed by atoms with Crippen molar-refractivity contribution < 1.29 is 23.9 Å². The molecular formula is C18H23NO5. The van der Waals surface area contributed by atoms with E-state index >= 15 is 0 Å². The molecule has 0 spiro atoms. The number of hydrogen-bond donors (Lipinski definition) is 0. The van der Waals surface area contributed by atoms with Gasteiger partial charge < -0.3 is 9.47 Å². The van der Waals surface area contributed by atoms with Gasteiger partial charge in [-0.3, -0.25) is 14.5 Å². The number of cyclic esters (lactones) is 1. The van der Waals surface area contributed by atoms with E-state index in [4.69, 9.17) is 9.47 Å². The predicted molar refractivity (Wildman–Crippen MR) is 86.8 cm³/mol. The van der Waals surface area contributed by atoms with Gasteiger partial charge in [0, 0.05) is 6.42 Å². The number of amides is 1. The van der Waals surface area contributed by atoms with Crippen molar-refractivity contribution >= 4 is 17.8 Å². The molecule has 0 saturated carbocycles. The first-order valence-corrected chi connectivity index (χ1v) is 8.12. The zero-order valence-corrected chi connectivity index (χ0v) is 14.2. The molecule has 24 heavy (non-hydrogen) atoms. The smallest absolute Gasteiger partial charge is 0.413 e. The Balaban J connectivity index is 2.12. The summed E-state index contributed by atoms with van der Waals surface area (Å²) in [7, 11) is 0. The third-order valence-corrected chi connectivity index (χ3v) is 4.12. The van der Waals surface area contributed by atoms with Gasteiger partial charge in [0.25, 0.3) is 0 Å². The Hall–Kier alpha value is -2.37. The van der Waals surface area contributed by atoms with Gasteiger partial charge in [0.1, 0.15) is 18.3 Å². The molecule has 6 nitrogen and oxygen atoms in total. The first-order valence-electron chi connectivity index (χ1n) is 8.12. The van der Waals surface area contributed by atoms with Crippen LogP contribution in [0.5, 0.6) is 0 Å². The molecule has 130 valence electrons. The molecule has 1 aliphatic heterocycles. The number of esters is 1. The Labute approximate surface area is 141 Å². The minimum absolute atomic E-state index is 0.0809. The van der Waals surface area contributed by atoms with Gasteiger partial charge in [-0.1, -0.05) is 51.1 Å². The monoisotopic (exact) mass is 333 g/mol. The predicted octanol–water partition coefficient (Wildman–Crippen LogP) is 2.76. The van der Waals surface area contributed by atoms with Crippen LogP contribution in [0.4, 0.5) is 4.79 Å². The summed E-state index contributed by atoms with van der Waals surface area (Å²) in [4.78, 5) is 38.0. The van der Waals surface area contributed by atoms with E-state index in [-0.39, 0.29) is 31.5 Å². The molecule has 1 fully saturated rings. The van der Waals surface area contributed by atoms with Crippen LogP contribution in [0.25, 0.3) is 0 Å². The topological polar surface area (TPSA) is 72.9 Å². The minimum Gasteiger partial charge on any atom is -0.444 e. The molecule has 0 aliphatic carbocycles. The lowest BCUT2D eigenvalue weighted by Crippen LogP contribution is -2.57. The highest BCUT2D eigenvalue weighted by atomic mass is 16.6. The van der Waals surface area contributed by atoms with Gasteiger partial charge in [-0.05, 0) is 11.5 Å². The Bertz CT molecular complexity index is 591. The maximum absolute atomic E-state index is 12.5. The van der Waals surface area contributed by atoms with E-state index in [1.54, 1.807) is 6.92 Å². The van der Waals surface area contributed by atoms with Crippen LogP contribution < -0.4 is 0 Å². The first kappa shape index (κ1) is 18.0. The van der Waals surface area contributed by atoms with Gasteiger partial charge in [0.2, 0.25) is 0 Å². The van der Waals surface area contributed by atoms with Gasteiger partial charge in [-0.25, -0.2) is 4.79 Å². The Morgan fingerprint density at radius 2 is 1.96 bits per heavy atom. The van der Waals surface area contributed by atoms with Crippen LogP contribution in [0.15, 0.2) is 30.3 Å². The van der Waals surface area contributed by atoms with E-state index < -0.39 is 24.0 Å². The van der Waals surface area contributed by atoms with Crippen molar-refractivity contribution in [2.24, 2.45) is 11.8 Å². The van der Waals surface area contributed by atoms with Crippen molar-refractivity contribution in [1.29, 1.82) is 0 Å². The van der Waals surface area contributed by atoms with Gasteiger partial charge in [-0.15, -0.1) is 0 Å². The van der Waals surface area contributed by atoms with Crippen molar-refractivity contribution in [3.63, 3.8) is 0 Å². The fourth-order valence-electron chi connectivity index (χ4n) is 2.89. The van der Waals surface area contributed by atoms with E-state index in [0.29, 0.717) is 0 Å². The summed E-state index contributed by atoms with van der Waals surface area (Å²) in [5.74, 6) is -1.82. The highest BCUT2D eigenvalue weighted by molar-refractivity contribution is 6.00. The highest BCUT2D eigenvalue weighted by Gasteiger charge is 2.46. The SMILES string of the molecule is CCC(=O)[C@@H]1C(=O)OCN(C(=O)OCc2ccccc2)[C@H]1C(C)C. The first-order chi connectivity index (χ1) is 11.5. The summed E-state index contributed by atoms with van der Waals surface area (Å²) in [5.41, 5.74) is 0.863. The fraction of sp³-hybridized carbons (Fsp3) is 0.500. The van der Waals surface area contributed by atoms with Crippen LogP contribution in [0.2, 0.25) is 0 Å². The number of Topliss-reactive ketones (excluding diaryl/α,β-unsaturated/α-hetero) is 1. The number of benzene rings is 1. The van der Waals surface area contributed by atoms with E-state index in [0.717, 1.165) is 5.56 Å². The summed E-state index contributed by atoms with van der Waals surface area (Å²) in [5, 5.41) is 0. The van der Waals surface area contributed by atoms with Crippen LogP contribution in [-0.4, -0.2) is 35.5 Å². The summed E-state index contributed by atoms with van der Waals surface area (Å²) in [6.07, 6.45) is -0.366. The second-order valence-electron chi connectivity index (χ2n) is 6.13. The maximum Gasteiger partial charge on any atom is 0.413 e. The van der Waals surface area contributed by atoms with Crippen molar-refractivity contribution in [3.05, 3.63) is 35.9 Å². The lowest BCUT2D eigenvalue weighted by atomic mass is 9.84. The van der Waals surface area contributed by atoms with Crippen LogP contribution >= 0.6 is 0 Å². The van der Waals surface area contributed by atoms with Crippen molar-refractivity contribution in [1.82, 2.24) is 4.90 Å². The third kappa shape index (κ3) is 3.93. The molecular weight excluding hydrogens is 310 g/mol. The third-order valence-electron chi connectivity index (χ3n) is 4.12. The van der Waals surface area contributed by atoms with Crippen molar-refractivity contribution in [2.45, 2.75) is 39.8 Å². The molecule has 1 aromatic rings. The van der Waals surface area contributed by atoms with Crippen LogP contribution in [0, 0.1) is 11.8 Å². The standard InChI is InChI=1S/C18H23NO5/c1-4-14(20)15-16(12(2)3)19(11-24-17(15)21)18(22)23-10-13-8-6-5-7-9-13/h5-9,12,15-16H,4,10-11H2,1-3H3/t15-,16-/m0/s1. The zero-order valence-electron chi connectivity index (χ0n) is 14.2. The molecule has 0 aromatic heterocycles. The number of nitrogens with zero attached hydrogens (tertiary/aromatic N) is 1. The van der Waals surface area contributed by atoms with Crippen LogP contribution in [0.1, 0.15) is 32.8 Å². The highest BCUT2D eigenvalue weighted by Crippen LogP contribution is 2.28. The van der Waals surface area contributed by atoms with Crippen molar-refractivity contribution in [2.75, 3.05) is 6.73 Å². The zero-order chi connectivity index (χ0) is 17.7. The molecule has 2 atom stereocenters. The van der Waals surface area contributed by atoms with Crippen LogP contribution in [0.3, 0.4) is 0 Å². The molecule has 1 saturated heterocycles. The fourth-order valence-corrected chi connectivity index (χ4v) is 2.89. The summed E-state index contributed by atoms with van der Waals surface area (Å²) in [6.45, 7) is 5.37. The number of hydrogen-bond acceptors (Lipinski definition) is 5. The van der Waals surface area contributed by atoms with Crippen molar-refractivity contribution in [3.8, 4) is 0 Å². The number of carbonyl (C=O) groups is 3. The number of carbonyl (C=O) groups excluding carboxylic acids is 3. The Morgan fingerprint density at radius 3 is 2.54 bits per heavy atom. The molecule has 1 aliphatic rings. The molecule has 6 heteroatoms. The van der Waals surface area contributed by atoms with E-state index in [2.05, 4.69) is 0 Å². The lowest BCUT2D eigenvalue weighted by Gasteiger charge is -2.40. The van der Waals surface area contributed by atoms with E-state index in [1.807, 2.05) is 44.2 Å². The average molecular weight is 333 g/mol. The van der Waals surface area contributed by atoms with Gasteiger partial charge in [0.15, 0.2) is 6.73 Å². The van der Waals surface area contributed by atoms with E-state index in [9.17, 15) is 14.4 Å². The quantitative estimate of drug-likeness (QED) is 0.612. The summed E-state index contributed by atoms with van der Waals surface area (Å²) >= 11 is 0. The molecule has 2 rings (SSSR count). The maximum atomic E-state index is 12.5. The average Bonchev–Trinajstić information content (AvgIpc) is 2.59. The summed E-state index contributed by atoms with van der Waals surface area (Å²) < 4.78 is 10.4.